The maximum absolute atomic E-state index is 14.5. The second kappa shape index (κ2) is 22.3. The first-order valence-corrected chi connectivity index (χ1v) is 25.6. The van der Waals surface area contributed by atoms with Crippen LogP contribution in [0.4, 0.5) is 16.2 Å². The molecule has 2 radical (unpaired) electrons. The number of isocyanates is 1. The first-order valence-electron chi connectivity index (χ1n) is 25.6. The van der Waals surface area contributed by atoms with Gasteiger partial charge < -0.3 is 60.2 Å². The number of hydrogen-bond acceptors (Lipinski definition) is 17. The van der Waals surface area contributed by atoms with E-state index in [4.69, 9.17) is 14.2 Å². The summed E-state index contributed by atoms with van der Waals surface area (Å²) >= 11 is 0. The van der Waals surface area contributed by atoms with Gasteiger partial charge in [0.05, 0.1) is 77.6 Å². The molecular formula is C56H74Ac2N2O16. The third-order valence-corrected chi connectivity index (χ3v) is 19.9. The van der Waals surface area contributed by atoms with Gasteiger partial charge in [0.25, 0.3) is 0 Å². The fourth-order valence-corrected chi connectivity index (χ4v) is 15.4. The van der Waals surface area contributed by atoms with E-state index in [9.17, 15) is 65.1 Å². The summed E-state index contributed by atoms with van der Waals surface area (Å²) in [6.07, 6.45) is -8.11. The summed E-state index contributed by atoms with van der Waals surface area (Å²) in [5.74, 6) is -4.27. The fourth-order valence-electron chi connectivity index (χ4n) is 15.4. The smallest absolute Gasteiger partial charge is 0.412 e. The molecule has 2 heterocycles. The van der Waals surface area contributed by atoms with E-state index in [0.717, 1.165) is 0 Å². The topological polar surface area (TPSA) is 302 Å². The number of rotatable bonds is 3. The molecule has 76 heavy (non-hydrogen) atoms. The van der Waals surface area contributed by atoms with E-state index in [0.29, 0.717) is 33.7 Å². The molecule has 6 aliphatic carbocycles. The molecule has 0 aromatic heterocycles. The van der Waals surface area contributed by atoms with Crippen molar-refractivity contribution in [1.29, 1.82) is 0 Å². The Morgan fingerprint density at radius 3 is 1.49 bits per heavy atom. The number of Topliss-reactive ketones (excluding diaryl/α,β-unsaturated/α-hetero) is 2. The minimum absolute atomic E-state index is 0. The van der Waals surface area contributed by atoms with Gasteiger partial charge in [-0.15, -0.1) is 0 Å². The van der Waals surface area contributed by atoms with Gasteiger partial charge in [0, 0.05) is 142 Å². The van der Waals surface area contributed by atoms with Crippen molar-refractivity contribution < 1.29 is 167 Å². The number of carbonyl (C=O) groups excluding carboxylic acids is 4. The summed E-state index contributed by atoms with van der Waals surface area (Å²) < 4.78 is 16.9. The predicted molar refractivity (Wildman–Crippen MR) is 267 cm³/mol. The number of carbonyl (C=O) groups is 3. The Morgan fingerprint density at radius 1 is 0.658 bits per heavy atom. The van der Waals surface area contributed by atoms with Crippen molar-refractivity contribution in [2.24, 2.45) is 50.3 Å². The number of fused-ring (bicyclic) bond motifs is 10. The second-order valence-electron chi connectivity index (χ2n) is 23.9. The van der Waals surface area contributed by atoms with Gasteiger partial charge in [-0.1, -0.05) is 77.9 Å². The molecule has 14 unspecified atom stereocenters. The van der Waals surface area contributed by atoms with Crippen molar-refractivity contribution in [2.45, 2.75) is 166 Å². The molecular weight excluding hydrogens is 1410 g/mol. The minimum Gasteiger partial charge on any atom is -0.433 e. The molecule has 4 saturated carbocycles. The first-order chi connectivity index (χ1) is 34.4. The summed E-state index contributed by atoms with van der Waals surface area (Å²) in [6, 6.07) is 17.6. The molecule has 20 heteroatoms. The average molecular weight is 1490 g/mol. The maximum atomic E-state index is 14.5. The van der Waals surface area contributed by atoms with Gasteiger partial charge in [-0.2, -0.15) is 4.99 Å². The molecule has 410 valence electrons. The van der Waals surface area contributed by atoms with Gasteiger partial charge in [-0.25, -0.2) is 9.59 Å². The fraction of sp³-hybridized carbons (Fsp3) is 0.643. The molecule has 18 atom stereocenters. The van der Waals surface area contributed by atoms with E-state index in [2.05, 4.69) is 10.3 Å². The number of ketones is 2. The number of ether oxygens (including phenoxy) is 3. The van der Waals surface area contributed by atoms with Crippen molar-refractivity contribution in [3.05, 3.63) is 83.0 Å². The zero-order valence-corrected chi connectivity index (χ0v) is 54.4. The molecule has 2 aromatic rings. The van der Waals surface area contributed by atoms with Gasteiger partial charge in [-0.05, 0) is 86.1 Å². The van der Waals surface area contributed by atoms with Crippen molar-refractivity contribution in [2.75, 3.05) is 18.5 Å². The zero-order valence-electron chi connectivity index (χ0n) is 44.9. The van der Waals surface area contributed by atoms with E-state index in [1.165, 1.54) is 6.08 Å². The molecule has 0 spiro atoms. The van der Waals surface area contributed by atoms with Gasteiger partial charge in [0.15, 0.2) is 17.7 Å². The quantitative estimate of drug-likeness (QED) is 0.119. The van der Waals surface area contributed by atoms with Crippen molar-refractivity contribution in [3.63, 3.8) is 0 Å². The number of para-hydroxylation sites is 2. The Bertz CT molecular complexity index is 2670. The summed E-state index contributed by atoms with van der Waals surface area (Å²) in [5.41, 5.74) is -8.41. The number of nitrogens with zero attached hydrogens (tertiary/aromatic N) is 1. The Labute approximate surface area is 515 Å². The van der Waals surface area contributed by atoms with E-state index >= 15 is 0 Å². The Hall–Kier alpha value is -1.65. The summed E-state index contributed by atoms with van der Waals surface area (Å²) in [6.45, 7) is 17.1. The number of benzene rings is 2. The Balaban J connectivity index is 0.000000212. The zero-order chi connectivity index (χ0) is 54.7. The number of anilines is 1. The van der Waals surface area contributed by atoms with Crippen LogP contribution in [0.5, 0.6) is 0 Å². The van der Waals surface area contributed by atoms with E-state index < -0.39 is 134 Å². The van der Waals surface area contributed by atoms with E-state index in [1.54, 1.807) is 112 Å². The van der Waals surface area contributed by atoms with Crippen LogP contribution < -0.4 is 5.32 Å². The maximum Gasteiger partial charge on any atom is 0.412 e. The molecule has 4 bridgehead atoms. The molecule has 1 amide bonds. The summed E-state index contributed by atoms with van der Waals surface area (Å²) in [4.78, 5) is 54.3. The van der Waals surface area contributed by atoms with E-state index in [-0.39, 0.29) is 127 Å². The average Bonchev–Trinajstić information content (AvgIpc) is 3.34. The molecule has 6 fully saturated rings. The van der Waals surface area contributed by atoms with Crippen LogP contribution in [0.2, 0.25) is 0 Å². The van der Waals surface area contributed by atoms with Crippen molar-refractivity contribution in [3.8, 4) is 0 Å². The van der Waals surface area contributed by atoms with Crippen molar-refractivity contribution >= 4 is 35.1 Å². The third-order valence-electron chi connectivity index (χ3n) is 19.9. The number of aliphatic imine (C=N–C) groups is 1. The van der Waals surface area contributed by atoms with Crippen LogP contribution in [0, 0.1) is 133 Å². The number of amides is 1. The Kier molecular flexibility index (Phi) is 18.6. The van der Waals surface area contributed by atoms with Crippen LogP contribution in [-0.4, -0.2) is 154 Å². The molecule has 2 saturated heterocycles. The summed E-state index contributed by atoms with van der Waals surface area (Å²) in [7, 11) is 0. The SMILES string of the molecule is CC1=C2C(O)C(=O)[C@]3(C)C(O)CC4OC[C@@]4(O)C3C(C)C(O)(CC1O)C2(C)C.CC1=C2C(OC(=O)Nc3ccccc3)C(=O)[C@]3(C)C(O)CC4OC[C@@]4(O)C3C(C)C(O)(CC1O)C2(C)C.O=C=Nc1ccccc1.[Ac].[Ac]. The number of hydrogen-bond donors (Lipinski definition) is 10. The molecule has 2 aliphatic heterocycles. The standard InChI is InChI=1S/C28H37NO8.C21H32O7.C7H5NO.2Ac/c1-14-17(30)12-28(35)15(2)22-26(5,18(31)11-19-27(22,34)13-36-19)23(32)21(20(14)25(28,3)4)37-24(33)29-16-9-7-6-8-10-16;1-9-11(22)7-21(27)10(2)16-19(5,12(23)6-13-20(16,26)8-28-13)17(25)15(24)14(9)18(21,3)4;9-6-8-7-4-2-1-3-5-7;;/h6-10,15,17-19,21-22,30-31,34-35H,11-13H2,1-5H3,(H,29,33);10-13,15-16,22-24,26-27H,6-8H2,1-5H3;1-5H;;/t15?,17?,18?,19?,21?,22?,26-,27+,28?;10?,11?,12?,13?,15?,16?,19-,20+,21?;;;/m11.../s1. The minimum atomic E-state index is -1.60. The second-order valence-corrected chi connectivity index (χ2v) is 23.9. The number of aliphatic hydroxyl groups is 9. The summed E-state index contributed by atoms with van der Waals surface area (Å²) in [5, 5.41) is 105. The first kappa shape index (κ1) is 63.5. The number of aliphatic hydroxyl groups excluding tert-OH is 5. The van der Waals surface area contributed by atoms with Crippen LogP contribution in [0.15, 0.2) is 87.9 Å². The molecule has 18 nitrogen and oxygen atoms in total. The Morgan fingerprint density at radius 2 is 1.07 bits per heavy atom. The van der Waals surface area contributed by atoms with Crippen LogP contribution >= 0.6 is 0 Å². The van der Waals surface area contributed by atoms with Crippen LogP contribution in [0.25, 0.3) is 0 Å². The monoisotopic (exact) mass is 1480 g/mol. The molecule has 2 aromatic carbocycles. The normalized spacial score (nSPS) is 43.1. The van der Waals surface area contributed by atoms with Gasteiger partial charge >= 0.3 is 6.09 Å². The largest absolute Gasteiger partial charge is 0.433 e. The third kappa shape index (κ3) is 9.46. The predicted octanol–water partition coefficient (Wildman–Crippen LogP) is 3.75. The van der Waals surface area contributed by atoms with Crippen LogP contribution in [-0.2, 0) is 28.6 Å². The van der Waals surface area contributed by atoms with Gasteiger partial charge in [0.2, 0.25) is 6.08 Å². The molecule has 8 aliphatic rings. The van der Waals surface area contributed by atoms with Crippen LogP contribution in [0.3, 0.4) is 0 Å². The van der Waals surface area contributed by atoms with Gasteiger partial charge in [0.1, 0.15) is 17.3 Å². The van der Waals surface area contributed by atoms with Gasteiger partial charge in [-0.3, -0.25) is 14.9 Å². The van der Waals surface area contributed by atoms with Crippen molar-refractivity contribution in [1.82, 2.24) is 0 Å². The number of nitrogens with one attached hydrogen (secondary N) is 1. The van der Waals surface area contributed by atoms with E-state index in [1.807, 2.05) is 18.2 Å². The molecule has 10 N–H and O–H groups in total. The molecule has 10 rings (SSSR count). The van der Waals surface area contributed by atoms with Crippen LogP contribution in [0.1, 0.15) is 94.9 Å².